The third-order valence-electron chi connectivity index (χ3n) is 6.61. The van der Waals surface area contributed by atoms with E-state index in [1.807, 2.05) is 0 Å². The second-order valence-electron chi connectivity index (χ2n) is 10.3. The molecule has 45 heavy (non-hydrogen) atoms. The van der Waals surface area contributed by atoms with E-state index in [9.17, 15) is 39.3 Å². The number of aliphatic carboxylic acids is 1. The monoisotopic (exact) mass is 628 g/mol. The minimum absolute atomic E-state index is 0.0199. The molecule has 0 aliphatic heterocycles. The van der Waals surface area contributed by atoms with Crippen LogP contribution in [0.2, 0.25) is 0 Å². The van der Waals surface area contributed by atoms with Crippen molar-refractivity contribution in [3.05, 3.63) is 59.7 Å². The van der Waals surface area contributed by atoms with Crippen LogP contribution in [0.4, 0.5) is 0 Å². The Kier molecular flexibility index (Phi) is 14.1. The summed E-state index contributed by atoms with van der Waals surface area (Å²) in [6, 6.07) is 6.70. The van der Waals surface area contributed by atoms with Crippen LogP contribution in [0.25, 0.3) is 0 Å². The highest BCUT2D eigenvalue weighted by Gasteiger charge is 2.30. The molecule has 0 aromatic heterocycles. The molecule has 0 radical (unpaired) electrons. The fraction of sp³-hybridized carbons (Fsp3) is 0.379. The third kappa shape index (κ3) is 13.2. The minimum atomic E-state index is -1.34. The first-order valence-corrected chi connectivity index (χ1v) is 14.0. The number of nitrogens with one attached hydrogen (secondary N) is 3. The number of carboxylic acid groups (broad SMARTS) is 1. The molecular weight excluding hydrogens is 588 g/mol. The number of phenols is 2. The first kappa shape index (κ1) is 35.8. The van der Waals surface area contributed by atoms with Gasteiger partial charge in [0, 0.05) is 19.4 Å². The van der Waals surface area contributed by atoms with Crippen LogP contribution in [-0.4, -0.2) is 81.6 Å². The van der Waals surface area contributed by atoms with E-state index in [1.165, 1.54) is 36.4 Å². The highest BCUT2D eigenvalue weighted by Crippen LogP contribution is 2.13. The zero-order chi connectivity index (χ0) is 33.5. The summed E-state index contributed by atoms with van der Waals surface area (Å²) in [6.45, 7) is 0.131. The number of benzene rings is 2. The van der Waals surface area contributed by atoms with Crippen molar-refractivity contribution in [2.24, 2.45) is 27.9 Å². The minimum Gasteiger partial charge on any atom is -0.508 e. The molecule has 2 rings (SSSR count). The van der Waals surface area contributed by atoms with Crippen LogP contribution in [0.3, 0.4) is 0 Å². The van der Waals surface area contributed by atoms with Gasteiger partial charge in [-0.1, -0.05) is 24.3 Å². The van der Waals surface area contributed by atoms with Gasteiger partial charge in [-0.15, -0.1) is 0 Å². The van der Waals surface area contributed by atoms with Crippen LogP contribution in [0.1, 0.15) is 36.8 Å². The van der Waals surface area contributed by atoms with E-state index in [2.05, 4.69) is 20.9 Å². The molecule has 4 unspecified atom stereocenters. The van der Waals surface area contributed by atoms with Crippen molar-refractivity contribution in [2.75, 3.05) is 6.54 Å². The smallest absolute Gasteiger partial charge is 0.326 e. The number of carbonyl (C=O) groups excluding carboxylic acids is 4. The number of rotatable bonds is 18. The molecule has 0 heterocycles. The van der Waals surface area contributed by atoms with E-state index in [1.54, 1.807) is 12.1 Å². The van der Waals surface area contributed by atoms with Crippen molar-refractivity contribution in [3.63, 3.8) is 0 Å². The molecule has 4 amide bonds. The Morgan fingerprint density at radius 2 is 1.18 bits per heavy atom. The summed E-state index contributed by atoms with van der Waals surface area (Å²) in [4.78, 5) is 66.9. The van der Waals surface area contributed by atoms with Gasteiger partial charge >= 0.3 is 5.97 Å². The maximum absolute atomic E-state index is 13.4. The predicted octanol–water partition coefficient (Wildman–Crippen LogP) is -1.93. The van der Waals surface area contributed by atoms with Crippen molar-refractivity contribution < 1.29 is 39.3 Å². The molecule has 0 fully saturated rings. The Bertz CT molecular complexity index is 1350. The lowest BCUT2D eigenvalue weighted by molar-refractivity contribution is -0.142. The second-order valence-corrected chi connectivity index (χ2v) is 10.3. The third-order valence-corrected chi connectivity index (χ3v) is 6.61. The molecular formula is C29H40N8O8. The molecule has 2 aromatic rings. The summed E-state index contributed by atoms with van der Waals surface area (Å²) in [6.07, 6.45) is -0.327. The van der Waals surface area contributed by atoms with Gasteiger partial charge in [-0.3, -0.25) is 24.2 Å². The average molecular weight is 629 g/mol. The zero-order valence-corrected chi connectivity index (χ0v) is 24.5. The summed E-state index contributed by atoms with van der Waals surface area (Å²) in [5.74, 6) is -4.63. The summed E-state index contributed by atoms with van der Waals surface area (Å²) >= 11 is 0. The van der Waals surface area contributed by atoms with Gasteiger partial charge in [-0.2, -0.15) is 0 Å². The van der Waals surface area contributed by atoms with Crippen LogP contribution >= 0.6 is 0 Å². The zero-order valence-electron chi connectivity index (χ0n) is 24.5. The van der Waals surface area contributed by atoms with Crippen LogP contribution in [0, 0.1) is 0 Å². The molecule has 2 aromatic carbocycles. The first-order chi connectivity index (χ1) is 21.2. The van der Waals surface area contributed by atoms with Gasteiger partial charge < -0.3 is 54.2 Å². The molecule has 244 valence electrons. The standard InChI is InChI=1S/C29H40N8O8/c30-20(14-16-3-7-18(38)8-4-16)25(41)35-21(11-12-24(31)40)26(42)37-23(15-17-5-9-19(39)10-6-17)27(43)36-22(28(44)45)2-1-13-34-29(32)33/h3-10,20-23,38-39H,1-2,11-15,30H2,(H2,31,40)(H,35,41)(H,36,43)(H,37,42)(H,44,45)(H4,32,33,34). The normalized spacial score (nSPS) is 13.4. The molecule has 0 spiro atoms. The first-order valence-electron chi connectivity index (χ1n) is 14.0. The van der Waals surface area contributed by atoms with Gasteiger partial charge in [0.15, 0.2) is 5.96 Å². The lowest BCUT2D eigenvalue weighted by atomic mass is 10.0. The molecule has 14 N–H and O–H groups in total. The maximum atomic E-state index is 13.4. The number of hydrogen-bond acceptors (Lipinski definition) is 9. The van der Waals surface area contributed by atoms with Crippen molar-refractivity contribution in [1.82, 2.24) is 16.0 Å². The van der Waals surface area contributed by atoms with Gasteiger partial charge in [0.05, 0.1) is 6.04 Å². The largest absolute Gasteiger partial charge is 0.508 e. The maximum Gasteiger partial charge on any atom is 0.326 e. The number of aromatic hydroxyl groups is 2. The van der Waals surface area contributed by atoms with Gasteiger partial charge in [-0.25, -0.2) is 4.79 Å². The lowest BCUT2D eigenvalue weighted by Crippen LogP contribution is -2.57. The van der Waals surface area contributed by atoms with Crippen LogP contribution in [0.5, 0.6) is 11.5 Å². The Hall–Kier alpha value is -5.38. The number of guanidine groups is 1. The SMILES string of the molecule is NC(=O)CCC(NC(=O)C(N)Cc1ccc(O)cc1)C(=O)NC(Cc1ccc(O)cc1)C(=O)NC(CCCN=C(N)N)C(=O)O. The summed E-state index contributed by atoms with van der Waals surface area (Å²) < 4.78 is 0. The van der Waals surface area contributed by atoms with E-state index < -0.39 is 53.8 Å². The quantitative estimate of drug-likeness (QED) is 0.0492. The van der Waals surface area contributed by atoms with Crippen molar-refractivity contribution in [3.8, 4) is 11.5 Å². The van der Waals surface area contributed by atoms with E-state index >= 15 is 0 Å². The van der Waals surface area contributed by atoms with Crippen LogP contribution < -0.4 is 38.9 Å². The Balaban J connectivity index is 2.23. The fourth-order valence-corrected chi connectivity index (χ4v) is 4.20. The summed E-state index contributed by atoms with van der Waals surface area (Å²) in [7, 11) is 0. The van der Waals surface area contributed by atoms with Gasteiger partial charge in [0.25, 0.3) is 0 Å². The van der Waals surface area contributed by atoms with Crippen molar-refractivity contribution in [1.29, 1.82) is 0 Å². The number of carbonyl (C=O) groups is 5. The fourth-order valence-electron chi connectivity index (χ4n) is 4.20. The number of amides is 4. The highest BCUT2D eigenvalue weighted by atomic mass is 16.4. The number of hydrogen-bond donors (Lipinski definition) is 10. The lowest BCUT2D eigenvalue weighted by Gasteiger charge is -2.25. The second kappa shape index (κ2) is 17.7. The molecule has 0 bridgehead atoms. The Morgan fingerprint density at radius 3 is 1.69 bits per heavy atom. The van der Waals surface area contributed by atoms with Crippen molar-refractivity contribution in [2.45, 2.75) is 62.7 Å². The molecule has 0 saturated carbocycles. The summed E-state index contributed by atoms with van der Waals surface area (Å²) in [5.41, 5.74) is 23.0. The molecule has 4 atom stereocenters. The van der Waals surface area contributed by atoms with E-state index in [4.69, 9.17) is 22.9 Å². The molecule has 0 aliphatic carbocycles. The Morgan fingerprint density at radius 1 is 0.689 bits per heavy atom. The van der Waals surface area contributed by atoms with Gasteiger partial charge in [-0.05, 0) is 61.1 Å². The molecule has 0 saturated heterocycles. The number of carboxylic acids is 1. The predicted molar refractivity (Wildman–Crippen MR) is 163 cm³/mol. The van der Waals surface area contributed by atoms with Gasteiger partial charge in [0.1, 0.15) is 29.6 Å². The van der Waals surface area contributed by atoms with Crippen molar-refractivity contribution >= 4 is 35.6 Å². The highest BCUT2D eigenvalue weighted by molar-refractivity contribution is 5.94. The number of aliphatic imine (C=N–C) groups is 1. The topological polar surface area (TPSA) is 299 Å². The molecule has 16 heteroatoms. The number of nitrogens with two attached hydrogens (primary N) is 4. The van der Waals surface area contributed by atoms with E-state index in [0.29, 0.717) is 11.1 Å². The van der Waals surface area contributed by atoms with Crippen LogP contribution in [0.15, 0.2) is 53.5 Å². The van der Waals surface area contributed by atoms with E-state index in [-0.39, 0.29) is 62.5 Å². The van der Waals surface area contributed by atoms with Crippen LogP contribution in [-0.2, 0) is 36.8 Å². The molecule has 16 nitrogen and oxygen atoms in total. The van der Waals surface area contributed by atoms with Gasteiger partial charge in [0.2, 0.25) is 23.6 Å². The number of nitrogens with zero attached hydrogens (tertiary/aromatic N) is 1. The number of primary amides is 1. The summed E-state index contributed by atoms with van der Waals surface area (Å²) in [5, 5.41) is 36.2. The van der Waals surface area contributed by atoms with E-state index in [0.717, 1.165) is 0 Å². The molecule has 0 aliphatic rings. The average Bonchev–Trinajstić information content (AvgIpc) is 2.97. The number of phenolic OH excluding ortho intramolecular Hbond substituents is 2. The Labute approximate surface area is 259 Å².